The zero-order chi connectivity index (χ0) is 14.8. The maximum Gasteiger partial charge on any atom is 0.220 e. The summed E-state index contributed by atoms with van der Waals surface area (Å²) < 4.78 is 5.51. The smallest absolute Gasteiger partial charge is 0.220 e. The first-order valence-electron chi connectivity index (χ1n) is 6.98. The van der Waals surface area contributed by atoms with Crippen molar-refractivity contribution in [2.24, 2.45) is 0 Å². The van der Waals surface area contributed by atoms with E-state index >= 15 is 0 Å². The van der Waals surface area contributed by atoms with Crippen LogP contribution in [-0.2, 0) is 4.79 Å². The molecule has 0 atom stereocenters. The Hall–Kier alpha value is -0.930. The van der Waals surface area contributed by atoms with Crippen LogP contribution in [0.15, 0.2) is 18.2 Å². The molecule has 0 radical (unpaired) electrons. The highest BCUT2D eigenvalue weighted by molar-refractivity contribution is 6.35. The van der Waals surface area contributed by atoms with Crippen LogP contribution in [0.1, 0.15) is 39.0 Å². The van der Waals surface area contributed by atoms with Gasteiger partial charge < -0.3 is 10.1 Å². The molecule has 0 saturated heterocycles. The second-order valence-electron chi connectivity index (χ2n) is 4.58. The molecular formula is C15H21Cl2NO2. The van der Waals surface area contributed by atoms with E-state index in [4.69, 9.17) is 27.9 Å². The number of amides is 1. The van der Waals surface area contributed by atoms with E-state index in [1.807, 2.05) is 0 Å². The first-order chi connectivity index (χ1) is 9.63. The summed E-state index contributed by atoms with van der Waals surface area (Å²) in [5.41, 5.74) is 0. The number of halogens is 2. The van der Waals surface area contributed by atoms with E-state index in [1.54, 1.807) is 18.2 Å². The predicted octanol–water partition coefficient (Wildman–Crippen LogP) is 4.46. The number of nitrogens with one attached hydrogen (secondary N) is 1. The van der Waals surface area contributed by atoms with Crippen LogP contribution in [0.5, 0.6) is 5.75 Å². The van der Waals surface area contributed by atoms with Crippen molar-refractivity contribution in [3.8, 4) is 5.75 Å². The Morgan fingerprint density at radius 2 is 2.05 bits per heavy atom. The number of ether oxygens (including phenoxy) is 1. The third-order valence-corrected chi connectivity index (χ3v) is 3.33. The molecule has 0 aliphatic carbocycles. The van der Waals surface area contributed by atoms with E-state index in [9.17, 15) is 4.79 Å². The summed E-state index contributed by atoms with van der Waals surface area (Å²) in [7, 11) is 0. The first-order valence-corrected chi connectivity index (χ1v) is 7.73. The van der Waals surface area contributed by atoms with E-state index in [0.717, 1.165) is 25.8 Å². The Bertz CT molecular complexity index is 424. The van der Waals surface area contributed by atoms with Gasteiger partial charge in [0.1, 0.15) is 5.75 Å². The molecule has 0 bridgehead atoms. The minimum Gasteiger partial charge on any atom is -0.492 e. The lowest BCUT2D eigenvalue weighted by Crippen LogP contribution is -2.24. The van der Waals surface area contributed by atoms with Crippen LogP contribution >= 0.6 is 23.2 Å². The van der Waals surface area contributed by atoms with Crippen molar-refractivity contribution < 1.29 is 9.53 Å². The molecule has 0 spiro atoms. The van der Waals surface area contributed by atoms with Crippen LogP contribution in [-0.4, -0.2) is 19.1 Å². The molecule has 0 unspecified atom stereocenters. The van der Waals surface area contributed by atoms with Gasteiger partial charge in [0.25, 0.3) is 0 Å². The Balaban J connectivity index is 2.13. The lowest BCUT2D eigenvalue weighted by molar-refractivity contribution is -0.121. The summed E-state index contributed by atoms with van der Waals surface area (Å²) in [4.78, 5) is 11.5. The fourth-order valence-electron chi connectivity index (χ4n) is 1.70. The van der Waals surface area contributed by atoms with Gasteiger partial charge in [0.15, 0.2) is 0 Å². The maximum atomic E-state index is 11.5. The van der Waals surface area contributed by atoms with Gasteiger partial charge >= 0.3 is 0 Å². The number of rotatable bonds is 9. The zero-order valence-electron chi connectivity index (χ0n) is 11.8. The molecule has 0 aliphatic heterocycles. The molecule has 1 aromatic carbocycles. The molecule has 1 rings (SSSR count). The van der Waals surface area contributed by atoms with Crippen LogP contribution < -0.4 is 10.1 Å². The number of carbonyl (C=O) groups excluding carboxylic acids is 1. The van der Waals surface area contributed by atoms with Crippen molar-refractivity contribution in [2.75, 3.05) is 13.2 Å². The molecule has 0 fully saturated rings. The van der Waals surface area contributed by atoms with Gasteiger partial charge in [-0.25, -0.2) is 0 Å². The average molecular weight is 318 g/mol. The fraction of sp³-hybridized carbons (Fsp3) is 0.533. The van der Waals surface area contributed by atoms with Crippen molar-refractivity contribution >= 4 is 29.1 Å². The quantitative estimate of drug-likeness (QED) is 0.683. The minimum atomic E-state index is 0.0758. The van der Waals surface area contributed by atoms with E-state index in [1.165, 1.54) is 0 Å². The van der Waals surface area contributed by atoms with Gasteiger partial charge in [0.05, 0.1) is 11.6 Å². The molecule has 1 amide bonds. The second-order valence-corrected chi connectivity index (χ2v) is 5.43. The van der Waals surface area contributed by atoms with Gasteiger partial charge in [-0.05, 0) is 31.0 Å². The minimum absolute atomic E-state index is 0.0758. The van der Waals surface area contributed by atoms with E-state index < -0.39 is 0 Å². The normalized spacial score (nSPS) is 10.3. The number of carbonyl (C=O) groups is 1. The molecule has 0 heterocycles. The SMILES string of the molecule is CCCCCNC(=O)CCCOc1ccc(Cl)cc1Cl. The van der Waals surface area contributed by atoms with Gasteiger partial charge in [-0.2, -0.15) is 0 Å². The van der Waals surface area contributed by atoms with Gasteiger partial charge in [-0.1, -0.05) is 43.0 Å². The number of benzene rings is 1. The monoisotopic (exact) mass is 317 g/mol. The summed E-state index contributed by atoms with van der Waals surface area (Å²) >= 11 is 11.8. The van der Waals surface area contributed by atoms with Gasteiger partial charge in [-0.3, -0.25) is 4.79 Å². The van der Waals surface area contributed by atoms with E-state index in [2.05, 4.69) is 12.2 Å². The van der Waals surface area contributed by atoms with Gasteiger partial charge in [0, 0.05) is 18.0 Å². The highest BCUT2D eigenvalue weighted by Crippen LogP contribution is 2.27. The predicted molar refractivity (Wildman–Crippen MR) is 83.7 cm³/mol. The topological polar surface area (TPSA) is 38.3 Å². The molecular weight excluding hydrogens is 297 g/mol. The number of hydrogen-bond acceptors (Lipinski definition) is 2. The van der Waals surface area contributed by atoms with Gasteiger partial charge in [0.2, 0.25) is 5.91 Å². The molecule has 0 saturated carbocycles. The third-order valence-electron chi connectivity index (χ3n) is 2.80. The second kappa shape index (κ2) is 9.89. The lowest BCUT2D eigenvalue weighted by Gasteiger charge is -2.08. The highest BCUT2D eigenvalue weighted by atomic mass is 35.5. The van der Waals surface area contributed by atoms with Crippen LogP contribution in [0.2, 0.25) is 10.0 Å². The molecule has 1 aromatic rings. The van der Waals surface area contributed by atoms with Crippen LogP contribution in [0.4, 0.5) is 0 Å². The van der Waals surface area contributed by atoms with E-state index in [-0.39, 0.29) is 5.91 Å². The van der Waals surface area contributed by atoms with Crippen molar-refractivity contribution in [1.82, 2.24) is 5.32 Å². The van der Waals surface area contributed by atoms with Crippen LogP contribution in [0, 0.1) is 0 Å². The average Bonchev–Trinajstić information content (AvgIpc) is 2.41. The third kappa shape index (κ3) is 7.01. The number of unbranched alkanes of at least 4 members (excludes halogenated alkanes) is 2. The van der Waals surface area contributed by atoms with Crippen LogP contribution in [0.25, 0.3) is 0 Å². The summed E-state index contributed by atoms with van der Waals surface area (Å²) in [5, 5.41) is 3.96. The summed E-state index contributed by atoms with van der Waals surface area (Å²) in [6.07, 6.45) is 4.49. The standard InChI is InChI=1S/C15H21Cl2NO2/c1-2-3-4-9-18-15(19)6-5-10-20-14-8-7-12(16)11-13(14)17/h7-8,11H,2-6,9-10H2,1H3,(H,18,19). The summed E-state index contributed by atoms with van der Waals surface area (Å²) in [6, 6.07) is 5.09. The van der Waals surface area contributed by atoms with Crippen molar-refractivity contribution in [3.05, 3.63) is 28.2 Å². The van der Waals surface area contributed by atoms with Crippen molar-refractivity contribution in [1.29, 1.82) is 0 Å². The Morgan fingerprint density at radius 3 is 2.75 bits per heavy atom. The Labute approximate surface area is 130 Å². The van der Waals surface area contributed by atoms with Crippen molar-refractivity contribution in [3.63, 3.8) is 0 Å². The molecule has 5 heteroatoms. The van der Waals surface area contributed by atoms with Gasteiger partial charge in [-0.15, -0.1) is 0 Å². The summed E-state index contributed by atoms with van der Waals surface area (Å²) in [5.74, 6) is 0.673. The first kappa shape index (κ1) is 17.1. The van der Waals surface area contributed by atoms with Crippen LogP contribution in [0.3, 0.4) is 0 Å². The largest absolute Gasteiger partial charge is 0.492 e. The zero-order valence-corrected chi connectivity index (χ0v) is 13.3. The Kier molecular flexibility index (Phi) is 8.47. The Morgan fingerprint density at radius 1 is 1.25 bits per heavy atom. The molecule has 0 aliphatic rings. The molecule has 112 valence electrons. The number of hydrogen-bond donors (Lipinski definition) is 1. The van der Waals surface area contributed by atoms with E-state index in [0.29, 0.717) is 35.2 Å². The highest BCUT2D eigenvalue weighted by Gasteiger charge is 2.04. The van der Waals surface area contributed by atoms with Crippen molar-refractivity contribution in [2.45, 2.75) is 39.0 Å². The molecule has 0 aromatic heterocycles. The lowest BCUT2D eigenvalue weighted by atomic mass is 10.2. The maximum absolute atomic E-state index is 11.5. The molecule has 1 N–H and O–H groups in total. The summed E-state index contributed by atoms with van der Waals surface area (Å²) in [6.45, 7) is 3.36. The fourth-order valence-corrected chi connectivity index (χ4v) is 2.16. The molecule has 20 heavy (non-hydrogen) atoms. The molecule has 3 nitrogen and oxygen atoms in total.